The fraction of sp³-hybridized carbons (Fsp3) is 1.00. The first kappa shape index (κ1) is 14.2. The van der Waals surface area contributed by atoms with E-state index in [1.165, 1.54) is 15.0 Å². The van der Waals surface area contributed by atoms with Crippen molar-refractivity contribution in [2.75, 3.05) is 20.1 Å². The van der Waals surface area contributed by atoms with Gasteiger partial charge in [-0.1, -0.05) is 19.3 Å². The van der Waals surface area contributed by atoms with Gasteiger partial charge in [0.2, 0.25) is 0 Å². The maximum absolute atomic E-state index is 12.4. The SMILES string of the molecule is CN(C1CCCCC1)S(=O)(=O)N1CC(O)C(O)C1. The van der Waals surface area contributed by atoms with Gasteiger partial charge in [-0.25, -0.2) is 0 Å². The number of nitrogens with zero attached hydrogens (tertiary/aromatic N) is 2. The molecule has 0 aromatic heterocycles. The molecule has 2 aliphatic rings. The Bertz CT molecular complexity index is 371. The summed E-state index contributed by atoms with van der Waals surface area (Å²) in [7, 11) is -1.96. The van der Waals surface area contributed by atoms with Crippen molar-refractivity contribution in [3.05, 3.63) is 0 Å². The van der Waals surface area contributed by atoms with Crippen LogP contribution in [0.25, 0.3) is 0 Å². The Balaban J connectivity index is 2.06. The highest BCUT2D eigenvalue weighted by Crippen LogP contribution is 2.26. The summed E-state index contributed by atoms with van der Waals surface area (Å²) in [4.78, 5) is 0. The minimum atomic E-state index is -3.56. The van der Waals surface area contributed by atoms with Crippen molar-refractivity contribution in [1.29, 1.82) is 0 Å². The van der Waals surface area contributed by atoms with Crippen LogP contribution in [0.15, 0.2) is 0 Å². The lowest BCUT2D eigenvalue weighted by Gasteiger charge is -2.33. The molecular formula is C11H22N2O4S. The van der Waals surface area contributed by atoms with Gasteiger partial charge in [0.25, 0.3) is 10.2 Å². The van der Waals surface area contributed by atoms with E-state index < -0.39 is 22.4 Å². The number of hydrogen-bond donors (Lipinski definition) is 2. The number of rotatable bonds is 3. The first-order chi connectivity index (χ1) is 8.43. The van der Waals surface area contributed by atoms with E-state index in [1.54, 1.807) is 7.05 Å². The largest absolute Gasteiger partial charge is 0.389 e. The normalized spacial score (nSPS) is 32.2. The van der Waals surface area contributed by atoms with Gasteiger partial charge < -0.3 is 10.2 Å². The summed E-state index contributed by atoms with van der Waals surface area (Å²) in [5, 5.41) is 18.9. The van der Waals surface area contributed by atoms with Gasteiger partial charge in [0.1, 0.15) is 0 Å². The van der Waals surface area contributed by atoms with Crippen molar-refractivity contribution in [2.45, 2.75) is 50.4 Å². The molecule has 0 aromatic rings. The zero-order chi connectivity index (χ0) is 13.3. The molecule has 0 spiro atoms. The van der Waals surface area contributed by atoms with Crippen molar-refractivity contribution in [2.24, 2.45) is 0 Å². The summed E-state index contributed by atoms with van der Waals surface area (Å²) in [6.07, 6.45) is 3.15. The Morgan fingerprint density at radius 1 is 1.06 bits per heavy atom. The second kappa shape index (κ2) is 5.42. The standard InChI is InChI=1S/C11H22N2O4S/c1-12(9-5-3-2-4-6-9)18(16,17)13-7-10(14)11(15)8-13/h9-11,14-15H,2-8H2,1H3. The van der Waals surface area contributed by atoms with Crippen LogP contribution in [-0.2, 0) is 10.2 Å². The van der Waals surface area contributed by atoms with Crippen LogP contribution >= 0.6 is 0 Å². The van der Waals surface area contributed by atoms with Crippen molar-refractivity contribution in [3.8, 4) is 0 Å². The van der Waals surface area contributed by atoms with E-state index in [2.05, 4.69) is 0 Å². The number of hydrogen-bond acceptors (Lipinski definition) is 4. The van der Waals surface area contributed by atoms with Gasteiger partial charge in [-0.05, 0) is 12.8 Å². The van der Waals surface area contributed by atoms with Gasteiger partial charge in [-0.15, -0.1) is 0 Å². The highest BCUT2D eigenvalue weighted by atomic mass is 32.2. The molecule has 18 heavy (non-hydrogen) atoms. The van der Waals surface area contributed by atoms with Crippen molar-refractivity contribution in [1.82, 2.24) is 8.61 Å². The molecule has 0 aromatic carbocycles. The molecule has 0 radical (unpaired) electrons. The average Bonchev–Trinajstić information content (AvgIpc) is 2.70. The molecule has 2 atom stereocenters. The van der Waals surface area contributed by atoms with Gasteiger partial charge in [0, 0.05) is 26.2 Å². The van der Waals surface area contributed by atoms with Crippen molar-refractivity contribution < 1.29 is 18.6 Å². The first-order valence-electron chi connectivity index (χ1n) is 6.52. The highest BCUT2D eigenvalue weighted by Gasteiger charge is 2.40. The Hall–Kier alpha value is -0.210. The summed E-state index contributed by atoms with van der Waals surface area (Å²) < 4.78 is 27.3. The van der Waals surface area contributed by atoms with E-state index in [0.29, 0.717) is 0 Å². The topological polar surface area (TPSA) is 81.1 Å². The lowest BCUT2D eigenvalue weighted by molar-refractivity contribution is 0.0572. The molecule has 1 aliphatic carbocycles. The van der Waals surface area contributed by atoms with E-state index in [1.807, 2.05) is 0 Å². The molecule has 1 aliphatic heterocycles. The van der Waals surface area contributed by atoms with Gasteiger partial charge in [-0.3, -0.25) is 0 Å². The molecule has 1 heterocycles. The second-order valence-electron chi connectivity index (χ2n) is 5.27. The highest BCUT2D eigenvalue weighted by molar-refractivity contribution is 7.86. The lowest BCUT2D eigenvalue weighted by atomic mass is 9.96. The third kappa shape index (κ3) is 2.70. The lowest BCUT2D eigenvalue weighted by Crippen LogP contribution is -2.46. The number of aliphatic hydroxyl groups excluding tert-OH is 2. The smallest absolute Gasteiger partial charge is 0.282 e. The zero-order valence-corrected chi connectivity index (χ0v) is 11.5. The minimum absolute atomic E-state index is 0.0133. The Kier molecular flexibility index (Phi) is 4.28. The maximum Gasteiger partial charge on any atom is 0.282 e. The summed E-state index contributed by atoms with van der Waals surface area (Å²) in [5.74, 6) is 0. The van der Waals surface area contributed by atoms with Crippen LogP contribution in [0.4, 0.5) is 0 Å². The zero-order valence-electron chi connectivity index (χ0n) is 10.7. The van der Waals surface area contributed by atoms with Crippen molar-refractivity contribution in [3.63, 3.8) is 0 Å². The molecule has 6 nitrogen and oxygen atoms in total. The average molecular weight is 278 g/mol. The minimum Gasteiger partial charge on any atom is -0.389 e. The molecule has 2 rings (SSSR count). The second-order valence-corrected chi connectivity index (χ2v) is 7.26. The Morgan fingerprint density at radius 3 is 2.06 bits per heavy atom. The van der Waals surface area contributed by atoms with Crippen LogP contribution in [0.2, 0.25) is 0 Å². The first-order valence-corrected chi connectivity index (χ1v) is 7.92. The third-order valence-corrected chi connectivity index (χ3v) is 5.98. The molecule has 1 saturated heterocycles. The quantitative estimate of drug-likeness (QED) is 0.731. The van der Waals surface area contributed by atoms with Gasteiger partial charge >= 0.3 is 0 Å². The van der Waals surface area contributed by atoms with Crippen LogP contribution in [-0.4, -0.2) is 65.6 Å². The summed E-state index contributed by atoms with van der Waals surface area (Å²) in [6, 6.07) is 0.0543. The van der Waals surface area contributed by atoms with Crippen LogP contribution < -0.4 is 0 Å². The predicted molar refractivity (Wildman–Crippen MR) is 67.1 cm³/mol. The van der Waals surface area contributed by atoms with E-state index in [9.17, 15) is 18.6 Å². The van der Waals surface area contributed by atoms with Gasteiger partial charge in [0.15, 0.2) is 0 Å². The molecule has 106 valence electrons. The fourth-order valence-electron chi connectivity index (χ4n) is 2.74. The van der Waals surface area contributed by atoms with E-state index in [-0.39, 0.29) is 19.1 Å². The van der Waals surface area contributed by atoms with E-state index in [0.717, 1.165) is 25.7 Å². The summed E-state index contributed by atoms with van der Waals surface area (Å²) in [5.41, 5.74) is 0. The molecule has 0 bridgehead atoms. The summed E-state index contributed by atoms with van der Waals surface area (Å²) in [6.45, 7) is -0.0267. The molecule has 2 unspecified atom stereocenters. The number of β-amino-alcohol motifs (C(OH)–C–C–N with tert-alkyl or cyclic N) is 2. The van der Waals surface area contributed by atoms with Crippen LogP contribution in [0.3, 0.4) is 0 Å². The number of aliphatic hydroxyl groups is 2. The van der Waals surface area contributed by atoms with Crippen LogP contribution in [0, 0.1) is 0 Å². The predicted octanol–water partition coefficient (Wildman–Crippen LogP) is -0.467. The molecule has 1 saturated carbocycles. The Labute approximate surface area is 108 Å². The molecular weight excluding hydrogens is 256 g/mol. The Morgan fingerprint density at radius 2 is 1.56 bits per heavy atom. The van der Waals surface area contributed by atoms with Gasteiger partial charge in [-0.2, -0.15) is 17.0 Å². The fourth-order valence-corrected chi connectivity index (χ4v) is 4.37. The maximum atomic E-state index is 12.4. The van der Waals surface area contributed by atoms with Crippen molar-refractivity contribution >= 4 is 10.2 Å². The van der Waals surface area contributed by atoms with Crippen LogP contribution in [0.5, 0.6) is 0 Å². The monoisotopic (exact) mass is 278 g/mol. The molecule has 0 amide bonds. The molecule has 2 N–H and O–H groups in total. The summed E-state index contributed by atoms with van der Waals surface area (Å²) >= 11 is 0. The van der Waals surface area contributed by atoms with Crippen LogP contribution in [0.1, 0.15) is 32.1 Å². The van der Waals surface area contributed by atoms with Gasteiger partial charge in [0.05, 0.1) is 12.2 Å². The van der Waals surface area contributed by atoms with E-state index >= 15 is 0 Å². The molecule has 2 fully saturated rings. The third-order valence-electron chi connectivity index (χ3n) is 4.00. The molecule has 7 heteroatoms. The van der Waals surface area contributed by atoms with E-state index in [4.69, 9.17) is 0 Å².